The van der Waals surface area contributed by atoms with Crippen LogP contribution < -0.4 is 0 Å². The Morgan fingerprint density at radius 2 is 1.69 bits per heavy atom. The summed E-state index contributed by atoms with van der Waals surface area (Å²) in [6.07, 6.45) is 0.929. The van der Waals surface area contributed by atoms with Gasteiger partial charge in [0, 0.05) is 6.08 Å². The number of ether oxygens (including phenoxy) is 1. The minimum absolute atomic E-state index is 0.358. The molecule has 90 valence electrons. The van der Waals surface area contributed by atoms with Gasteiger partial charge in [-0.25, -0.2) is 9.59 Å². The second-order valence-corrected chi connectivity index (χ2v) is 2.29. The third-order valence-electron chi connectivity index (χ3n) is 1.08. The summed E-state index contributed by atoms with van der Waals surface area (Å²) in [7, 11) is 1.56. The predicted molar refractivity (Wildman–Crippen MR) is 52.8 cm³/mol. The molecule has 3 N–H and O–H groups in total. The van der Waals surface area contributed by atoms with Crippen LogP contribution in [0.5, 0.6) is 0 Å². The third-order valence-corrected chi connectivity index (χ3v) is 1.08. The molecule has 7 nitrogen and oxygen atoms in total. The normalized spacial score (nSPS) is 9.44. The lowest BCUT2D eigenvalue weighted by Gasteiger charge is -1.94. The van der Waals surface area contributed by atoms with Crippen molar-refractivity contribution in [3.63, 3.8) is 0 Å². The fraction of sp³-hybridized carbons (Fsp3) is 0.222. The van der Waals surface area contributed by atoms with Crippen LogP contribution in [0.4, 0.5) is 0 Å². The van der Waals surface area contributed by atoms with Gasteiger partial charge in [-0.05, 0) is 0 Å². The molecule has 0 amide bonds. The zero-order valence-corrected chi connectivity index (χ0v) is 8.54. The van der Waals surface area contributed by atoms with Gasteiger partial charge in [0.1, 0.15) is 0 Å². The van der Waals surface area contributed by atoms with Crippen molar-refractivity contribution in [3.8, 4) is 0 Å². The molecule has 0 aromatic heterocycles. The highest BCUT2D eigenvalue weighted by Crippen LogP contribution is 2.00. The second-order valence-electron chi connectivity index (χ2n) is 2.29. The molecule has 16 heavy (non-hydrogen) atoms. The van der Waals surface area contributed by atoms with Crippen LogP contribution in [-0.2, 0) is 19.1 Å². The van der Waals surface area contributed by atoms with Gasteiger partial charge in [0.15, 0.2) is 0 Å². The molecule has 0 radical (unpaired) electrons. The van der Waals surface area contributed by atoms with Crippen molar-refractivity contribution < 1.29 is 34.4 Å². The molecule has 0 heterocycles. The predicted octanol–water partition coefficient (Wildman–Crippen LogP) is 0.333. The first-order valence-corrected chi connectivity index (χ1v) is 3.87. The van der Waals surface area contributed by atoms with E-state index in [-0.39, 0.29) is 0 Å². The zero-order valence-electron chi connectivity index (χ0n) is 8.54. The second kappa shape index (κ2) is 9.25. The van der Waals surface area contributed by atoms with Gasteiger partial charge < -0.3 is 20.1 Å². The maximum atomic E-state index is 10.2. The van der Waals surface area contributed by atoms with Gasteiger partial charge in [0.25, 0.3) is 0 Å². The molecule has 0 saturated carbocycles. The maximum Gasteiger partial charge on any atom is 0.332 e. The topological polar surface area (TPSA) is 121 Å². The third kappa shape index (κ3) is 11.7. The van der Waals surface area contributed by atoms with Crippen molar-refractivity contribution >= 4 is 17.9 Å². The number of carboxylic acids is 3. The molecule has 7 heteroatoms. The van der Waals surface area contributed by atoms with Crippen LogP contribution in [0, 0.1) is 0 Å². The first kappa shape index (κ1) is 16.1. The van der Waals surface area contributed by atoms with E-state index < -0.39 is 29.9 Å². The Morgan fingerprint density at radius 3 is 1.88 bits per heavy atom. The molecule has 0 aliphatic rings. The van der Waals surface area contributed by atoms with Crippen LogP contribution in [0.2, 0.25) is 0 Å². The quantitative estimate of drug-likeness (QED) is 0.461. The molecule has 0 saturated heterocycles. The Labute approximate surface area is 91.3 Å². The van der Waals surface area contributed by atoms with Crippen LogP contribution in [0.1, 0.15) is 6.42 Å². The molecule has 0 aliphatic heterocycles. The summed E-state index contributed by atoms with van der Waals surface area (Å²) < 4.78 is 4.31. The molecule has 0 rings (SSSR count). The number of hydrogen-bond acceptors (Lipinski definition) is 4. The van der Waals surface area contributed by atoms with E-state index in [0.717, 1.165) is 0 Å². The number of methoxy groups -OCH3 is 1. The summed E-state index contributed by atoms with van der Waals surface area (Å²) in [6, 6.07) is 0. The van der Waals surface area contributed by atoms with E-state index >= 15 is 0 Å². The summed E-state index contributed by atoms with van der Waals surface area (Å²) in [6.45, 7) is 3.26. The minimum atomic E-state index is -1.54. The lowest BCUT2D eigenvalue weighted by atomic mass is 10.2. The number of hydrogen-bond donors (Lipinski definition) is 3. The SMILES string of the molecule is C=COC.O=C(O)C=C(CC(=O)O)C(=O)O. The Kier molecular flexibility index (Phi) is 9.33. The summed E-state index contributed by atoms with van der Waals surface area (Å²) in [5.74, 6) is -4.40. The van der Waals surface area contributed by atoms with E-state index in [1.54, 1.807) is 7.11 Å². The molecule has 0 spiro atoms. The first-order valence-electron chi connectivity index (χ1n) is 3.87. The van der Waals surface area contributed by atoms with Crippen LogP contribution in [0.25, 0.3) is 0 Å². The Hall–Kier alpha value is -2.31. The number of carbonyl (C=O) groups is 3. The van der Waals surface area contributed by atoms with Crippen molar-refractivity contribution in [1.29, 1.82) is 0 Å². The highest BCUT2D eigenvalue weighted by Gasteiger charge is 2.12. The highest BCUT2D eigenvalue weighted by molar-refractivity contribution is 5.98. The molecule has 0 aromatic carbocycles. The van der Waals surface area contributed by atoms with Crippen LogP contribution in [0.3, 0.4) is 0 Å². The molecule has 0 aliphatic carbocycles. The zero-order chi connectivity index (χ0) is 13.1. The lowest BCUT2D eigenvalue weighted by molar-refractivity contribution is -0.140. The van der Waals surface area contributed by atoms with Gasteiger partial charge >= 0.3 is 17.9 Å². The van der Waals surface area contributed by atoms with Crippen molar-refractivity contribution in [2.24, 2.45) is 0 Å². The monoisotopic (exact) mass is 232 g/mol. The summed E-state index contributed by atoms with van der Waals surface area (Å²) in [5.41, 5.74) is -0.657. The van der Waals surface area contributed by atoms with Gasteiger partial charge in [-0.3, -0.25) is 4.79 Å². The van der Waals surface area contributed by atoms with E-state index in [0.29, 0.717) is 6.08 Å². The smallest absolute Gasteiger partial charge is 0.332 e. The fourth-order valence-corrected chi connectivity index (χ4v) is 0.500. The Bertz CT molecular complexity index is 303. The standard InChI is InChI=1S/C6H6O6.C3H6O/c7-4(8)1-3(6(11)12)2-5(9)10;1-3-4-2/h1H,2H2,(H,7,8)(H,9,10)(H,11,12);3H,1H2,2H3. The van der Waals surface area contributed by atoms with Crippen molar-refractivity contribution in [1.82, 2.24) is 0 Å². The Morgan fingerprint density at radius 1 is 1.25 bits per heavy atom. The van der Waals surface area contributed by atoms with E-state index in [4.69, 9.17) is 15.3 Å². The molecule has 0 bridgehead atoms. The first-order chi connectivity index (χ1) is 7.34. The number of aliphatic carboxylic acids is 3. The fourth-order valence-electron chi connectivity index (χ4n) is 0.500. The van der Waals surface area contributed by atoms with Gasteiger partial charge in [-0.2, -0.15) is 0 Å². The van der Waals surface area contributed by atoms with E-state index in [2.05, 4.69) is 11.3 Å². The highest BCUT2D eigenvalue weighted by atomic mass is 16.5. The Balaban J connectivity index is 0. The number of rotatable bonds is 5. The van der Waals surface area contributed by atoms with Gasteiger partial charge in [-0.15, -0.1) is 0 Å². The lowest BCUT2D eigenvalue weighted by Crippen LogP contribution is -2.08. The molecule has 0 unspecified atom stereocenters. The van der Waals surface area contributed by atoms with Gasteiger partial charge in [0.2, 0.25) is 0 Å². The summed E-state index contributed by atoms with van der Waals surface area (Å²) >= 11 is 0. The van der Waals surface area contributed by atoms with Crippen LogP contribution in [0.15, 0.2) is 24.5 Å². The molecule has 0 atom stereocenters. The van der Waals surface area contributed by atoms with Crippen molar-refractivity contribution in [2.75, 3.05) is 7.11 Å². The minimum Gasteiger partial charge on any atom is -0.505 e. The molecule has 0 aromatic rings. The average molecular weight is 232 g/mol. The van der Waals surface area contributed by atoms with Crippen molar-refractivity contribution in [2.45, 2.75) is 6.42 Å². The van der Waals surface area contributed by atoms with E-state index in [9.17, 15) is 14.4 Å². The average Bonchev–Trinajstić information content (AvgIpc) is 2.15. The summed E-state index contributed by atoms with van der Waals surface area (Å²) in [5, 5.41) is 24.5. The van der Waals surface area contributed by atoms with E-state index in [1.165, 1.54) is 6.26 Å². The maximum absolute atomic E-state index is 10.2. The van der Waals surface area contributed by atoms with Gasteiger partial charge in [0.05, 0.1) is 25.4 Å². The van der Waals surface area contributed by atoms with Crippen molar-refractivity contribution in [3.05, 3.63) is 24.5 Å². The largest absolute Gasteiger partial charge is 0.505 e. The molecule has 0 fully saturated rings. The van der Waals surface area contributed by atoms with Crippen LogP contribution >= 0.6 is 0 Å². The van der Waals surface area contributed by atoms with E-state index in [1.807, 2.05) is 0 Å². The van der Waals surface area contributed by atoms with Crippen LogP contribution in [-0.4, -0.2) is 40.3 Å². The molecular formula is C9H12O7. The van der Waals surface area contributed by atoms with Gasteiger partial charge in [-0.1, -0.05) is 6.58 Å². The number of carboxylic acid groups (broad SMARTS) is 3. The molecular weight excluding hydrogens is 220 g/mol. The summed E-state index contributed by atoms with van der Waals surface area (Å²) in [4.78, 5) is 30.1.